The standard InChI is InChI=1S/C15H20FN3O2.ClH/c1-10-7-11(5-6-17-10)15(21)18-9-14(20)19-13-4-2-3-12(16)8-13;/h2-4,8,10-11,17H,5-7,9H2,1H3,(H,18,21)(H,19,20);1H/t10-,11-;/m0./s1. The van der Waals surface area contributed by atoms with E-state index in [1.54, 1.807) is 6.07 Å². The Labute approximate surface area is 135 Å². The van der Waals surface area contributed by atoms with Gasteiger partial charge < -0.3 is 16.0 Å². The van der Waals surface area contributed by atoms with Crippen LogP contribution < -0.4 is 16.0 Å². The van der Waals surface area contributed by atoms with Crippen LogP contribution >= 0.6 is 12.4 Å². The van der Waals surface area contributed by atoms with Crippen molar-refractivity contribution in [1.29, 1.82) is 0 Å². The van der Waals surface area contributed by atoms with Crippen molar-refractivity contribution in [2.75, 3.05) is 18.4 Å². The molecule has 2 atom stereocenters. The summed E-state index contributed by atoms with van der Waals surface area (Å²) in [4.78, 5) is 23.7. The lowest BCUT2D eigenvalue weighted by molar-refractivity contribution is -0.128. The Hall–Kier alpha value is -1.66. The highest BCUT2D eigenvalue weighted by Gasteiger charge is 2.24. The van der Waals surface area contributed by atoms with Gasteiger partial charge in [-0.2, -0.15) is 0 Å². The van der Waals surface area contributed by atoms with Gasteiger partial charge in [-0.3, -0.25) is 9.59 Å². The van der Waals surface area contributed by atoms with Gasteiger partial charge in [0, 0.05) is 17.6 Å². The van der Waals surface area contributed by atoms with Crippen LogP contribution in [-0.2, 0) is 9.59 Å². The topological polar surface area (TPSA) is 70.2 Å². The lowest BCUT2D eigenvalue weighted by Crippen LogP contribution is -2.44. The number of benzene rings is 1. The van der Waals surface area contributed by atoms with Gasteiger partial charge in [-0.25, -0.2) is 4.39 Å². The number of hydrogen-bond acceptors (Lipinski definition) is 3. The van der Waals surface area contributed by atoms with Crippen LogP contribution in [0.1, 0.15) is 19.8 Å². The minimum absolute atomic E-state index is 0. The molecule has 2 amide bonds. The van der Waals surface area contributed by atoms with Crippen LogP contribution in [0.3, 0.4) is 0 Å². The van der Waals surface area contributed by atoms with Crippen molar-refractivity contribution in [3.8, 4) is 0 Å². The van der Waals surface area contributed by atoms with Crippen LogP contribution in [0, 0.1) is 11.7 Å². The van der Waals surface area contributed by atoms with E-state index in [4.69, 9.17) is 0 Å². The van der Waals surface area contributed by atoms with Crippen molar-refractivity contribution >= 4 is 29.9 Å². The third-order valence-corrected chi connectivity index (χ3v) is 3.53. The summed E-state index contributed by atoms with van der Waals surface area (Å²) in [5, 5.41) is 8.45. The maximum Gasteiger partial charge on any atom is 0.243 e. The second-order valence-electron chi connectivity index (χ2n) is 5.35. The number of carbonyl (C=O) groups excluding carboxylic acids is 2. The summed E-state index contributed by atoms with van der Waals surface area (Å²) in [7, 11) is 0. The zero-order chi connectivity index (χ0) is 15.2. The number of carbonyl (C=O) groups is 2. The molecule has 7 heteroatoms. The van der Waals surface area contributed by atoms with Gasteiger partial charge in [0.1, 0.15) is 5.82 Å². The van der Waals surface area contributed by atoms with Gasteiger partial charge in [-0.05, 0) is 44.5 Å². The van der Waals surface area contributed by atoms with E-state index in [1.165, 1.54) is 18.2 Å². The molecular weight excluding hydrogens is 309 g/mol. The third kappa shape index (κ3) is 5.61. The number of halogens is 2. The molecule has 0 bridgehead atoms. The molecule has 1 aliphatic heterocycles. The molecule has 5 nitrogen and oxygen atoms in total. The Kier molecular flexibility index (Phi) is 7.27. The van der Waals surface area contributed by atoms with Gasteiger partial charge in [-0.1, -0.05) is 6.07 Å². The van der Waals surface area contributed by atoms with Gasteiger partial charge in [0.25, 0.3) is 0 Å². The first kappa shape index (κ1) is 18.4. The minimum atomic E-state index is -0.416. The van der Waals surface area contributed by atoms with Gasteiger partial charge in [0.2, 0.25) is 11.8 Å². The van der Waals surface area contributed by atoms with Crippen LogP contribution in [0.5, 0.6) is 0 Å². The Bertz CT molecular complexity index is 527. The van der Waals surface area contributed by atoms with E-state index < -0.39 is 5.82 Å². The summed E-state index contributed by atoms with van der Waals surface area (Å²) < 4.78 is 13.0. The first-order valence-electron chi connectivity index (χ1n) is 7.11. The summed E-state index contributed by atoms with van der Waals surface area (Å²) in [5.41, 5.74) is 0.379. The van der Waals surface area contributed by atoms with E-state index in [9.17, 15) is 14.0 Å². The van der Waals surface area contributed by atoms with Crippen LogP contribution in [0.25, 0.3) is 0 Å². The van der Waals surface area contributed by atoms with E-state index in [2.05, 4.69) is 16.0 Å². The SMILES string of the molecule is C[C@H]1C[C@@H](C(=O)NCC(=O)Nc2cccc(F)c2)CCN1.Cl. The summed E-state index contributed by atoms with van der Waals surface area (Å²) in [6.07, 6.45) is 1.55. The fourth-order valence-corrected chi connectivity index (χ4v) is 2.45. The fourth-order valence-electron chi connectivity index (χ4n) is 2.45. The van der Waals surface area contributed by atoms with Gasteiger partial charge in [-0.15, -0.1) is 12.4 Å². The van der Waals surface area contributed by atoms with Crippen molar-refractivity contribution in [2.45, 2.75) is 25.8 Å². The van der Waals surface area contributed by atoms with Gasteiger partial charge in [0.05, 0.1) is 6.54 Å². The van der Waals surface area contributed by atoms with Gasteiger partial charge in [0.15, 0.2) is 0 Å². The molecule has 0 radical (unpaired) electrons. The minimum Gasteiger partial charge on any atom is -0.347 e. The lowest BCUT2D eigenvalue weighted by atomic mass is 9.92. The Morgan fingerprint density at radius 2 is 2.18 bits per heavy atom. The second-order valence-corrected chi connectivity index (χ2v) is 5.35. The Morgan fingerprint density at radius 1 is 1.41 bits per heavy atom. The molecule has 0 unspecified atom stereocenters. The predicted molar refractivity (Wildman–Crippen MR) is 85.5 cm³/mol. The lowest BCUT2D eigenvalue weighted by Gasteiger charge is -2.26. The highest BCUT2D eigenvalue weighted by Crippen LogP contribution is 2.15. The van der Waals surface area contributed by atoms with E-state index in [-0.39, 0.29) is 36.7 Å². The second kappa shape index (κ2) is 8.70. The largest absolute Gasteiger partial charge is 0.347 e. The molecule has 1 aliphatic rings. The number of hydrogen-bond donors (Lipinski definition) is 3. The Balaban J connectivity index is 0.00000242. The smallest absolute Gasteiger partial charge is 0.243 e. The number of rotatable bonds is 4. The Morgan fingerprint density at radius 3 is 2.86 bits per heavy atom. The van der Waals surface area contributed by atoms with E-state index in [0.29, 0.717) is 11.7 Å². The molecule has 1 aromatic carbocycles. The summed E-state index contributed by atoms with van der Waals surface area (Å²) >= 11 is 0. The number of amides is 2. The summed E-state index contributed by atoms with van der Waals surface area (Å²) in [5.74, 6) is -0.933. The molecular formula is C15H21ClFN3O2. The zero-order valence-corrected chi connectivity index (χ0v) is 13.2. The maximum atomic E-state index is 13.0. The molecule has 3 N–H and O–H groups in total. The first-order chi connectivity index (χ1) is 10.0. The first-order valence-corrected chi connectivity index (χ1v) is 7.11. The number of anilines is 1. The number of piperidine rings is 1. The predicted octanol–water partition coefficient (Wildman–Crippen LogP) is 1.69. The molecule has 1 fully saturated rings. The molecule has 0 spiro atoms. The average molecular weight is 330 g/mol. The molecule has 1 heterocycles. The zero-order valence-electron chi connectivity index (χ0n) is 12.4. The molecule has 22 heavy (non-hydrogen) atoms. The van der Waals surface area contributed by atoms with Crippen LogP contribution in [0.2, 0.25) is 0 Å². The van der Waals surface area contributed by atoms with Crippen LogP contribution in [0.4, 0.5) is 10.1 Å². The van der Waals surface area contributed by atoms with E-state index in [1.807, 2.05) is 6.92 Å². The fraction of sp³-hybridized carbons (Fsp3) is 0.467. The van der Waals surface area contributed by atoms with Crippen molar-refractivity contribution < 1.29 is 14.0 Å². The molecule has 122 valence electrons. The van der Waals surface area contributed by atoms with Crippen molar-refractivity contribution in [1.82, 2.24) is 10.6 Å². The molecule has 2 rings (SSSR count). The monoisotopic (exact) mass is 329 g/mol. The van der Waals surface area contributed by atoms with Crippen molar-refractivity contribution in [2.24, 2.45) is 5.92 Å². The maximum absolute atomic E-state index is 13.0. The van der Waals surface area contributed by atoms with Crippen molar-refractivity contribution in [3.05, 3.63) is 30.1 Å². The summed E-state index contributed by atoms with van der Waals surface area (Å²) in [6.45, 7) is 2.75. The normalized spacial score (nSPS) is 20.6. The van der Waals surface area contributed by atoms with Crippen molar-refractivity contribution in [3.63, 3.8) is 0 Å². The average Bonchev–Trinajstić information content (AvgIpc) is 2.45. The van der Waals surface area contributed by atoms with E-state index >= 15 is 0 Å². The molecule has 0 aromatic heterocycles. The van der Waals surface area contributed by atoms with Crippen LogP contribution in [-0.4, -0.2) is 30.9 Å². The van der Waals surface area contributed by atoms with Crippen LogP contribution in [0.15, 0.2) is 24.3 Å². The summed E-state index contributed by atoms with van der Waals surface area (Å²) in [6, 6.07) is 5.96. The quantitative estimate of drug-likeness (QED) is 0.787. The third-order valence-electron chi connectivity index (χ3n) is 3.53. The molecule has 0 saturated carbocycles. The highest BCUT2D eigenvalue weighted by atomic mass is 35.5. The highest BCUT2D eigenvalue weighted by molar-refractivity contribution is 5.94. The van der Waals surface area contributed by atoms with E-state index in [0.717, 1.165) is 19.4 Å². The molecule has 1 aromatic rings. The molecule has 1 saturated heterocycles. The number of nitrogens with one attached hydrogen (secondary N) is 3. The van der Waals surface area contributed by atoms with Gasteiger partial charge >= 0.3 is 0 Å². The molecule has 0 aliphatic carbocycles.